The summed E-state index contributed by atoms with van der Waals surface area (Å²) >= 11 is 1.97. The molecule has 0 bridgehead atoms. The van der Waals surface area contributed by atoms with Crippen LogP contribution in [0.3, 0.4) is 0 Å². The van der Waals surface area contributed by atoms with Crippen molar-refractivity contribution in [2.45, 2.75) is 69.2 Å². The molecule has 0 heterocycles. The van der Waals surface area contributed by atoms with Crippen molar-refractivity contribution in [3.63, 3.8) is 0 Å². The molecule has 0 aromatic heterocycles. The fourth-order valence-electron chi connectivity index (χ4n) is 3.02. The molecule has 0 radical (unpaired) electrons. The number of thioether (sulfide) groups is 1. The molecular weight excluding hydrogens is 244 g/mol. The molecule has 2 saturated carbocycles. The number of rotatable bonds is 7. The Hall–Kier alpha value is -0.220. The lowest BCUT2D eigenvalue weighted by Gasteiger charge is -2.34. The Balaban J connectivity index is 1.99. The first-order valence-corrected chi connectivity index (χ1v) is 8.28. The van der Waals surface area contributed by atoms with Gasteiger partial charge in [-0.05, 0) is 45.4 Å². The maximum Gasteiger partial charge on any atom is 0.238 e. The number of nitrogens with two attached hydrogens (primary N) is 1. The fourth-order valence-corrected chi connectivity index (χ4v) is 4.64. The standard InChI is InChI=1S/C14H26N2OS/c1-10(2)16-14(13(15)17,11-7-8-11)9-18-12-5-3-4-6-12/h10-12,16H,3-9H2,1-2H3,(H2,15,17). The highest BCUT2D eigenvalue weighted by Gasteiger charge is 2.50. The third kappa shape index (κ3) is 3.21. The Morgan fingerprint density at radius 3 is 2.39 bits per heavy atom. The second-order valence-electron chi connectivity index (χ2n) is 6.13. The van der Waals surface area contributed by atoms with Gasteiger partial charge in [0.2, 0.25) is 5.91 Å². The monoisotopic (exact) mass is 270 g/mol. The first-order valence-electron chi connectivity index (χ1n) is 7.24. The molecule has 2 aliphatic rings. The lowest BCUT2D eigenvalue weighted by atomic mass is 9.93. The van der Waals surface area contributed by atoms with Gasteiger partial charge in [-0.25, -0.2) is 0 Å². The van der Waals surface area contributed by atoms with Crippen LogP contribution in [0.4, 0.5) is 0 Å². The van der Waals surface area contributed by atoms with E-state index in [0.717, 1.165) is 23.8 Å². The first-order chi connectivity index (χ1) is 8.54. The third-order valence-corrected chi connectivity index (χ3v) is 5.67. The molecule has 0 aromatic rings. The Kier molecular flexibility index (Phi) is 4.59. The van der Waals surface area contributed by atoms with Gasteiger partial charge in [-0.1, -0.05) is 12.8 Å². The molecule has 1 unspecified atom stereocenters. The normalized spacial score (nSPS) is 24.4. The van der Waals surface area contributed by atoms with Crippen LogP contribution in [-0.4, -0.2) is 28.5 Å². The van der Waals surface area contributed by atoms with E-state index in [1.165, 1.54) is 25.7 Å². The number of primary amides is 1. The van der Waals surface area contributed by atoms with Crippen molar-refractivity contribution in [3.05, 3.63) is 0 Å². The molecule has 18 heavy (non-hydrogen) atoms. The van der Waals surface area contributed by atoms with Crippen molar-refractivity contribution >= 4 is 17.7 Å². The first kappa shape index (κ1) is 14.2. The summed E-state index contributed by atoms with van der Waals surface area (Å²) in [6.07, 6.45) is 7.62. The van der Waals surface area contributed by atoms with Crippen LogP contribution in [0.15, 0.2) is 0 Å². The summed E-state index contributed by atoms with van der Waals surface area (Å²) in [6, 6.07) is 0.308. The molecule has 3 N–H and O–H groups in total. The molecule has 0 saturated heterocycles. The van der Waals surface area contributed by atoms with Crippen LogP contribution in [0.25, 0.3) is 0 Å². The Bertz CT molecular complexity index is 298. The summed E-state index contributed by atoms with van der Waals surface area (Å²) in [5.74, 6) is 1.17. The zero-order chi connectivity index (χ0) is 13.2. The third-order valence-electron chi connectivity index (χ3n) is 4.11. The van der Waals surface area contributed by atoms with E-state index in [-0.39, 0.29) is 5.91 Å². The van der Waals surface area contributed by atoms with Gasteiger partial charge in [0, 0.05) is 17.0 Å². The lowest BCUT2D eigenvalue weighted by molar-refractivity contribution is -0.124. The predicted octanol–water partition coefficient (Wildman–Crippen LogP) is 2.29. The van der Waals surface area contributed by atoms with Gasteiger partial charge in [-0.15, -0.1) is 0 Å². The Labute approximate surface area is 115 Å². The van der Waals surface area contributed by atoms with E-state index >= 15 is 0 Å². The summed E-state index contributed by atoms with van der Waals surface area (Å²) < 4.78 is 0. The van der Waals surface area contributed by atoms with Gasteiger partial charge < -0.3 is 11.1 Å². The molecule has 0 aliphatic heterocycles. The lowest BCUT2D eigenvalue weighted by Crippen LogP contribution is -2.61. The average Bonchev–Trinajstić information content (AvgIpc) is 3.01. The number of carbonyl (C=O) groups excluding carboxylic acids is 1. The van der Waals surface area contributed by atoms with Crippen LogP contribution in [-0.2, 0) is 4.79 Å². The van der Waals surface area contributed by atoms with Crippen molar-refractivity contribution in [1.29, 1.82) is 0 Å². The highest BCUT2D eigenvalue weighted by atomic mass is 32.2. The van der Waals surface area contributed by atoms with E-state index in [1.807, 2.05) is 11.8 Å². The van der Waals surface area contributed by atoms with Gasteiger partial charge in [0.05, 0.1) is 0 Å². The van der Waals surface area contributed by atoms with Crippen molar-refractivity contribution in [3.8, 4) is 0 Å². The molecule has 3 nitrogen and oxygen atoms in total. The molecular formula is C14H26N2OS. The summed E-state index contributed by atoms with van der Waals surface area (Å²) in [4.78, 5) is 12.0. The van der Waals surface area contributed by atoms with Crippen LogP contribution >= 0.6 is 11.8 Å². The molecule has 0 spiro atoms. The van der Waals surface area contributed by atoms with Gasteiger partial charge in [-0.2, -0.15) is 11.8 Å². The van der Waals surface area contributed by atoms with Crippen molar-refractivity contribution in [1.82, 2.24) is 5.32 Å². The molecule has 0 aromatic carbocycles. The van der Waals surface area contributed by atoms with Crippen LogP contribution in [0.1, 0.15) is 52.4 Å². The minimum absolute atomic E-state index is 0.149. The van der Waals surface area contributed by atoms with Crippen molar-refractivity contribution in [2.75, 3.05) is 5.75 Å². The molecule has 4 heteroatoms. The summed E-state index contributed by atoms with van der Waals surface area (Å²) in [5, 5.41) is 4.23. The summed E-state index contributed by atoms with van der Waals surface area (Å²) in [7, 11) is 0. The minimum atomic E-state index is -0.457. The van der Waals surface area contributed by atoms with Crippen LogP contribution in [0.2, 0.25) is 0 Å². The highest BCUT2D eigenvalue weighted by molar-refractivity contribution is 8.00. The second-order valence-corrected chi connectivity index (χ2v) is 7.42. The fraction of sp³-hybridized carbons (Fsp3) is 0.929. The van der Waals surface area contributed by atoms with Gasteiger partial charge in [0.1, 0.15) is 5.54 Å². The zero-order valence-corrected chi connectivity index (χ0v) is 12.4. The highest BCUT2D eigenvalue weighted by Crippen LogP contribution is 2.43. The number of nitrogens with one attached hydrogen (secondary N) is 1. The Morgan fingerprint density at radius 2 is 1.94 bits per heavy atom. The quantitative estimate of drug-likeness (QED) is 0.746. The zero-order valence-electron chi connectivity index (χ0n) is 11.6. The van der Waals surface area contributed by atoms with E-state index in [1.54, 1.807) is 0 Å². The SMILES string of the molecule is CC(C)NC(CSC1CCCC1)(C(N)=O)C1CC1. The topological polar surface area (TPSA) is 55.1 Å². The summed E-state index contributed by atoms with van der Waals surface area (Å²) in [6.45, 7) is 4.20. The number of hydrogen-bond donors (Lipinski definition) is 2. The number of amides is 1. The van der Waals surface area contributed by atoms with E-state index in [0.29, 0.717) is 12.0 Å². The second kappa shape index (κ2) is 5.83. The minimum Gasteiger partial charge on any atom is -0.368 e. The van der Waals surface area contributed by atoms with Crippen molar-refractivity contribution < 1.29 is 4.79 Å². The van der Waals surface area contributed by atoms with Crippen LogP contribution < -0.4 is 11.1 Å². The molecule has 2 aliphatic carbocycles. The van der Waals surface area contributed by atoms with Crippen molar-refractivity contribution in [2.24, 2.45) is 11.7 Å². The Morgan fingerprint density at radius 1 is 1.33 bits per heavy atom. The van der Waals surface area contributed by atoms with E-state index in [4.69, 9.17) is 5.73 Å². The van der Waals surface area contributed by atoms with Crippen LogP contribution in [0.5, 0.6) is 0 Å². The molecule has 2 fully saturated rings. The molecule has 1 atom stereocenters. The maximum atomic E-state index is 12.0. The molecule has 104 valence electrons. The molecule has 2 rings (SSSR count). The maximum absolute atomic E-state index is 12.0. The van der Waals surface area contributed by atoms with Gasteiger partial charge >= 0.3 is 0 Å². The van der Waals surface area contributed by atoms with Gasteiger partial charge in [0.25, 0.3) is 0 Å². The van der Waals surface area contributed by atoms with E-state index in [9.17, 15) is 4.79 Å². The summed E-state index contributed by atoms with van der Waals surface area (Å²) in [5.41, 5.74) is 5.27. The number of hydrogen-bond acceptors (Lipinski definition) is 3. The largest absolute Gasteiger partial charge is 0.368 e. The van der Waals surface area contributed by atoms with Gasteiger partial charge in [0.15, 0.2) is 0 Å². The predicted molar refractivity (Wildman–Crippen MR) is 77.6 cm³/mol. The van der Waals surface area contributed by atoms with Crippen LogP contribution in [0, 0.1) is 5.92 Å². The molecule has 1 amide bonds. The smallest absolute Gasteiger partial charge is 0.238 e. The average molecular weight is 270 g/mol. The van der Waals surface area contributed by atoms with Gasteiger partial charge in [-0.3, -0.25) is 4.79 Å². The van der Waals surface area contributed by atoms with E-state index in [2.05, 4.69) is 19.2 Å². The van der Waals surface area contributed by atoms with E-state index < -0.39 is 5.54 Å². The number of carbonyl (C=O) groups is 1.